The molecule has 0 radical (unpaired) electrons. The van der Waals surface area contributed by atoms with E-state index in [1.165, 1.54) is 13.2 Å². The van der Waals surface area contributed by atoms with Crippen LogP contribution < -0.4 is 15.4 Å². The van der Waals surface area contributed by atoms with Crippen LogP contribution in [-0.4, -0.2) is 31.5 Å². The molecule has 0 aromatic heterocycles. The van der Waals surface area contributed by atoms with Gasteiger partial charge < -0.3 is 15.4 Å². The number of carbonyl (C=O) groups is 2. The van der Waals surface area contributed by atoms with E-state index < -0.39 is 5.82 Å². The first-order valence-corrected chi connectivity index (χ1v) is 9.87. The molecule has 0 bridgehead atoms. The van der Waals surface area contributed by atoms with Crippen LogP contribution in [0, 0.1) is 18.7 Å². The molecule has 0 spiro atoms. The summed E-state index contributed by atoms with van der Waals surface area (Å²) in [5, 5.41) is 5.75. The highest BCUT2D eigenvalue weighted by Crippen LogP contribution is 2.35. The van der Waals surface area contributed by atoms with Crippen LogP contribution in [0.2, 0.25) is 0 Å². The molecule has 3 rings (SSSR count). The van der Waals surface area contributed by atoms with E-state index in [9.17, 15) is 14.0 Å². The number of hydrogen-bond donors (Lipinski definition) is 2. The second-order valence-corrected chi connectivity index (χ2v) is 7.90. The van der Waals surface area contributed by atoms with Gasteiger partial charge in [0.15, 0.2) is 0 Å². The van der Waals surface area contributed by atoms with Crippen molar-refractivity contribution in [1.82, 2.24) is 10.6 Å². The van der Waals surface area contributed by atoms with Gasteiger partial charge in [-0.3, -0.25) is 9.59 Å². The molecule has 0 aliphatic heterocycles. The van der Waals surface area contributed by atoms with Gasteiger partial charge in [-0.15, -0.1) is 0 Å². The molecule has 0 heterocycles. The second-order valence-electron chi connectivity index (χ2n) is 7.90. The summed E-state index contributed by atoms with van der Waals surface area (Å²) in [6, 6.07) is 8.17. The average molecular weight is 398 g/mol. The summed E-state index contributed by atoms with van der Waals surface area (Å²) >= 11 is 0. The fraction of sp³-hybridized carbons (Fsp3) is 0.391. The van der Waals surface area contributed by atoms with Gasteiger partial charge in [0.25, 0.3) is 11.8 Å². The Morgan fingerprint density at radius 1 is 1.10 bits per heavy atom. The van der Waals surface area contributed by atoms with Crippen molar-refractivity contribution in [1.29, 1.82) is 0 Å². The van der Waals surface area contributed by atoms with Crippen molar-refractivity contribution in [3.05, 3.63) is 52.8 Å². The minimum Gasteiger partial charge on any atom is -0.496 e. The van der Waals surface area contributed by atoms with Crippen LogP contribution in [0.1, 0.15) is 53.0 Å². The Hall–Kier alpha value is -2.89. The zero-order valence-corrected chi connectivity index (χ0v) is 17.3. The molecule has 5 nitrogen and oxygen atoms in total. The molecular weight excluding hydrogens is 371 g/mol. The normalized spacial score (nSPS) is 13.3. The smallest absolute Gasteiger partial charge is 0.251 e. The summed E-state index contributed by atoms with van der Waals surface area (Å²) in [4.78, 5) is 24.8. The maximum atomic E-state index is 14.6. The van der Waals surface area contributed by atoms with E-state index in [4.69, 9.17) is 4.74 Å². The molecule has 2 aromatic carbocycles. The third-order valence-electron chi connectivity index (χ3n) is 4.94. The van der Waals surface area contributed by atoms with Crippen LogP contribution >= 0.6 is 0 Å². The number of rotatable bonds is 7. The third-order valence-corrected chi connectivity index (χ3v) is 4.94. The standard InChI is InChI=1S/C23H27FN2O3/c1-13(2)12-25-22(27)15-5-8-18(21(11-15)29-4)19-9-16(10-20(24)14(19)3)23(28)26-17-6-7-17/h5,8-11,13,17H,6-7,12H2,1-4H3,(H,25,27)(H,26,28). The maximum absolute atomic E-state index is 14.6. The van der Waals surface area contributed by atoms with Crippen LogP contribution in [0.5, 0.6) is 5.75 Å². The second kappa shape index (κ2) is 8.64. The van der Waals surface area contributed by atoms with E-state index in [2.05, 4.69) is 10.6 Å². The fourth-order valence-electron chi connectivity index (χ4n) is 3.04. The van der Waals surface area contributed by atoms with Crippen LogP contribution in [0.3, 0.4) is 0 Å². The summed E-state index contributed by atoms with van der Waals surface area (Å²) in [5.41, 5.74) is 2.36. The van der Waals surface area contributed by atoms with E-state index in [-0.39, 0.29) is 23.4 Å². The first kappa shape index (κ1) is 20.8. The molecule has 0 atom stereocenters. The highest BCUT2D eigenvalue weighted by molar-refractivity contribution is 5.98. The number of carbonyl (C=O) groups excluding carboxylic acids is 2. The molecule has 29 heavy (non-hydrogen) atoms. The SMILES string of the molecule is COc1cc(C(=O)NCC(C)C)ccc1-c1cc(C(=O)NC2CC2)cc(F)c1C. The Labute approximate surface area is 170 Å². The Balaban J connectivity index is 1.95. The predicted octanol–water partition coefficient (Wildman–Crippen LogP) is 4.09. The van der Waals surface area contributed by atoms with Crippen molar-refractivity contribution in [3.63, 3.8) is 0 Å². The van der Waals surface area contributed by atoms with Crippen molar-refractivity contribution in [2.24, 2.45) is 5.92 Å². The molecular formula is C23H27FN2O3. The van der Waals surface area contributed by atoms with E-state index in [0.717, 1.165) is 12.8 Å². The molecule has 1 aliphatic rings. The molecule has 2 N–H and O–H groups in total. The maximum Gasteiger partial charge on any atom is 0.251 e. The minimum atomic E-state index is -0.454. The van der Waals surface area contributed by atoms with E-state index >= 15 is 0 Å². The first-order valence-electron chi connectivity index (χ1n) is 9.87. The first-order chi connectivity index (χ1) is 13.8. The van der Waals surface area contributed by atoms with E-state index in [1.807, 2.05) is 13.8 Å². The van der Waals surface area contributed by atoms with Crippen LogP contribution in [-0.2, 0) is 0 Å². The lowest BCUT2D eigenvalue weighted by molar-refractivity contribution is 0.0941. The highest BCUT2D eigenvalue weighted by Gasteiger charge is 2.25. The summed E-state index contributed by atoms with van der Waals surface area (Å²) in [5.74, 6) is -0.135. The number of methoxy groups -OCH3 is 1. The van der Waals surface area contributed by atoms with Gasteiger partial charge in [0.1, 0.15) is 11.6 Å². The topological polar surface area (TPSA) is 67.4 Å². The summed E-state index contributed by atoms with van der Waals surface area (Å²) < 4.78 is 20.1. The monoisotopic (exact) mass is 398 g/mol. The number of halogens is 1. The molecule has 1 saturated carbocycles. The lowest BCUT2D eigenvalue weighted by Crippen LogP contribution is -2.27. The van der Waals surface area contributed by atoms with Crippen molar-refractivity contribution in [3.8, 4) is 16.9 Å². The Kier molecular flexibility index (Phi) is 6.20. The Morgan fingerprint density at radius 2 is 1.83 bits per heavy atom. The molecule has 6 heteroatoms. The molecule has 1 aliphatic carbocycles. The minimum absolute atomic E-state index is 0.188. The lowest BCUT2D eigenvalue weighted by Gasteiger charge is -2.15. The highest BCUT2D eigenvalue weighted by atomic mass is 19.1. The summed E-state index contributed by atoms with van der Waals surface area (Å²) in [6.07, 6.45) is 1.92. The number of nitrogens with one attached hydrogen (secondary N) is 2. The van der Waals surface area contributed by atoms with Gasteiger partial charge in [-0.2, -0.15) is 0 Å². The molecule has 2 amide bonds. The predicted molar refractivity (Wildman–Crippen MR) is 111 cm³/mol. The summed E-state index contributed by atoms with van der Waals surface area (Å²) in [7, 11) is 1.50. The van der Waals surface area contributed by atoms with Gasteiger partial charge in [0, 0.05) is 29.3 Å². The van der Waals surface area contributed by atoms with Crippen LogP contribution in [0.4, 0.5) is 4.39 Å². The van der Waals surface area contributed by atoms with Crippen LogP contribution in [0.15, 0.2) is 30.3 Å². The number of benzene rings is 2. The quantitative estimate of drug-likeness (QED) is 0.738. The van der Waals surface area contributed by atoms with Crippen molar-refractivity contribution in [2.75, 3.05) is 13.7 Å². The van der Waals surface area contributed by atoms with Crippen LogP contribution in [0.25, 0.3) is 11.1 Å². The molecule has 0 saturated heterocycles. The number of hydrogen-bond acceptors (Lipinski definition) is 3. The van der Waals surface area contributed by atoms with Crippen molar-refractivity contribution < 1.29 is 18.7 Å². The third kappa shape index (κ3) is 4.94. The van der Waals surface area contributed by atoms with Gasteiger partial charge in [-0.1, -0.05) is 13.8 Å². The van der Waals surface area contributed by atoms with Gasteiger partial charge >= 0.3 is 0 Å². The summed E-state index contributed by atoms with van der Waals surface area (Å²) in [6.45, 7) is 6.28. The molecule has 1 fully saturated rings. The Morgan fingerprint density at radius 3 is 2.45 bits per heavy atom. The number of ether oxygens (including phenoxy) is 1. The zero-order valence-electron chi connectivity index (χ0n) is 17.3. The lowest BCUT2D eigenvalue weighted by atomic mass is 9.95. The van der Waals surface area contributed by atoms with Gasteiger partial charge in [-0.25, -0.2) is 4.39 Å². The van der Waals surface area contributed by atoms with E-state index in [0.29, 0.717) is 40.5 Å². The van der Waals surface area contributed by atoms with Gasteiger partial charge in [0.2, 0.25) is 0 Å². The van der Waals surface area contributed by atoms with Gasteiger partial charge in [0.05, 0.1) is 7.11 Å². The zero-order chi connectivity index (χ0) is 21.1. The Bertz CT molecular complexity index is 936. The van der Waals surface area contributed by atoms with Gasteiger partial charge in [-0.05, 0) is 67.1 Å². The molecule has 154 valence electrons. The van der Waals surface area contributed by atoms with E-state index in [1.54, 1.807) is 31.2 Å². The largest absolute Gasteiger partial charge is 0.496 e. The molecule has 2 aromatic rings. The molecule has 0 unspecified atom stereocenters. The van der Waals surface area contributed by atoms with Crippen molar-refractivity contribution in [2.45, 2.75) is 39.7 Å². The average Bonchev–Trinajstić information content (AvgIpc) is 3.51. The number of amides is 2. The van der Waals surface area contributed by atoms with Crippen molar-refractivity contribution >= 4 is 11.8 Å². The fourth-order valence-corrected chi connectivity index (χ4v) is 3.04.